The van der Waals surface area contributed by atoms with Crippen LogP contribution in [0.4, 0.5) is 0 Å². The SMILES string of the molecule is CCNC(=O)C1COCCN1C(=O)Cn1cc(CN)nn1. The molecule has 2 amide bonds. The molecule has 0 bridgehead atoms. The number of hydrogen-bond donors (Lipinski definition) is 2. The van der Waals surface area contributed by atoms with Crippen LogP contribution in [-0.4, -0.2) is 64.1 Å². The summed E-state index contributed by atoms with van der Waals surface area (Å²) in [4.78, 5) is 25.9. The topological polar surface area (TPSA) is 115 Å². The number of likely N-dealkylation sites (N-methyl/N-ethyl adjacent to an activating group) is 1. The lowest BCUT2D eigenvalue weighted by molar-refractivity contribution is -0.149. The highest BCUT2D eigenvalue weighted by atomic mass is 16.5. The van der Waals surface area contributed by atoms with E-state index >= 15 is 0 Å². The molecule has 1 fully saturated rings. The van der Waals surface area contributed by atoms with Crippen LogP contribution in [0.25, 0.3) is 0 Å². The normalized spacial score (nSPS) is 18.6. The number of morpholine rings is 1. The predicted octanol–water partition coefficient (Wildman–Crippen LogP) is -1.90. The van der Waals surface area contributed by atoms with Crippen molar-refractivity contribution in [1.82, 2.24) is 25.2 Å². The third-order valence-electron chi connectivity index (χ3n) is 3.19. The van der Waals surface area contributed by atoms with Crippen LogP contribution in [0.3, 0.4) is 0 Å². The summed E-state index contributed by atoms with van der Waals surface area (Å²) in [6, 6.07) is -0.594. The summed E-state index contributed by atoms with van der Waals surface area (Å²) in [5.41, 5.74) is 6.07. The Bertz CT molecular complexity index is 503. The molecule has 1 aliphatic heterocycles. The molecule has 1 aromatic heterocycles. The van der Waals surface area contributed by atoms with E-state index in [4.69, 9.17) is 10.5 Å². The number of aromatic nitrogens is 3. The van der Waals surface area contributed by atoms with E-state index in [-0.39, 0.29) is 31.5 Å². The van der Waals surface area contributed by atoms with Crippen LogP contribution in [0.15, 0.2) is 6.20 Å². The van der Waals surface area contributed by atoms with E-state index in [0.29, 0.717) is 25.4 Å². The van der Waals surface area contributed by atoms with Gasteiger partial charge < -0.3 is 20.7 Å². The second kappa shape index (κ2) is 7.14. The number of nitrogens with zero attached hydrogens (tertiary/aromatic N) is 4. The predicted molar refractivity (Wildman–Crippen MR) is 72.9 cm³/mol. The van der Waals surface area contributed by atoms with E-state index < -0.39 is 6.04 Å². The molecule has 1 unspecified atom stereocenters. The van der Waals surface area contributed by atoms with E-state index in [1.54, 1.807) is 6.20 Å². The Kier molecular flexibility index (Phi) is 5.23. The fourth-order valence-corrected chi connectivity index (χ4v) is 2.15. The monoisotopic (exact) mass is 296 g/mol. The van der Waals surface area contributed by atoms with Crippen LogP contribution >= 0.6 is 0 Å². The van der Waals surface area contributed by atoms with Gasteiger partial charge in [-0.15, -0.1) is 5.10 Å². The lowest BCUT2D eigenvalue weighted by atomic mass is 10.2. The van der Waals surface area contributed by atoms with Crippen LogP contribution in [0.2, 0.25) is 0 Å². The average Bonchev–Trinajstić information content (AvgIpc) is 2.95. The summed E-state index contributed by atoms with van der Waals surface area (Å²) in [6.07, 6.45) is 1.62. The highest BCUT2D eigenvalue weighted by Gasteiger charge is 2.32. The van der Waals surface area contributed by atoms with Gasteiger partial charge in [-0.1, -0.05) is 5.21 Å². The van der Waals surface area contributed by atoms with Crippen LogP contribution in [0.5, 0.6) is 0 Å². The maximum atomic E-state index is 12.4. The van der Waals surface area contributed by atoms with Crippen molar-refractivity contribution in [3.63, 3.8) is 0 Å². The Morgan fingerprint density at radius 2 is 2.38 bits per heavy atom. The van der Waals surface area contributed by atoms with Crippen molar-refractivity contribution in [2.24, 2.45) is 5.73 Å². The zero-order valence-electron chi connectivity index (χ0n) is 12.0. The Balaban J connectivity index is 2.02. The zero-order chi connectivity index (χ0) is 15.2. The first kappa shape index (κ1) is 15.4. The molecule has 1 aliphatic rings. The molecule has 3 N–H and O–H groups in total. The second-order valence-electron chi connectivity index (χ2n) is 4.68. The molecule has 0 spiro atoms. The molecule has 2 rings (SSSR count). The smallest absolute Gasteiger partial charge is 0.245 e. The van der Waals surface area contributed by atoms with Gasteiger partial charge in [-0.25, -0.2) is 4.68 Å². The molecule has 1 aromatic rings. The average molecular weight is 296 g/mol. The number of hydrogen-bond acceptors (Lipinski definition) is 6. The second-order valence-corrected chi connectivity index (χ2v) is 4.68. The number of amides is 2. The van der Waals surface area contributed by atoms with Crippen molar-refractivity contribution in [2.75, 3.05) is 26.3 Å². The molecule has 9 heteroatoms. The molecule has 116 valence electrons. The van der Waals surface area contributed by atoms with Gasteiger partial charge in [-0.05, 0) is 6.92 Å². The fourth-order valence-electron chi connectivity index (χ4n) is 2.15. The maximum absolute atomic E-state index is 12.4. The lowest BCUT2D eigenvalue weighted by Gasteiger charge is -2.34. The highest BCUT2D eigenvalue weighted by molar-refractivity contribution is 5.87. The first-order chi connectivity index (χ1) is 10.2. The minimum atomic E-state index is -0.594. The van der Waals surface area contributed by atoms with E-state index in [9.17, 15) is 9.59 Å². The third kappa shape index (κ3) is 3.76. The minimum Gasteiger partial charge on any atom is -0.377 e. The van der Waals surface area contributed by atoms with Crippen molar-refractivity contribution in [3.8, 4) is 0 Å². The molecule has 0 aliphatic carbocycles. The number of rotatable bonds is 5. The Hall–Kier alpha value is -2.00. The van der Waals surface area contributed by atoms with Crippen LogP contribution < -0.4 is 11.1 Å². The highest BCUT2D eigenvalue weighted by Crippen LogP contribution is 2.09. The van der Waals surface area contributed by atoms with Crippen LogP contribution in [-0.2, 0) is 27.4 Å². The Morgan fingerprint density at radius 3 is 3.05 bits per heavy atom. The number of carbonyl (C=O) groups excluding carboxylic acids is 2. The van der Waals surface area contributed by atoms with Gasteiger partial charge >= 0.3 is 0 Å². The largest absolute Gasteiger partial charge is 0.377 e. The van der Waals surface area contributed by atoms with E-state index in [1.807, 2.05) is 6.92 Å². The van der Waals surface area contributed by atoms with Crippen molar-refractivity contribution in [2.45, 2.75) is 26.1 Å². The van der Waals surface area contributed by atoms with Crippen LogP contribution in [0.1, 0.15) is 12.6 Å². The lowest BCUT2D eigenvalue weighted by Crippen LogP contribution is -2.56. The number of nitrogens with one attached hydrogen (secondary N) is 1. The van der Waals surface area contributed by atoms with Crippen molar-refractivity contribution < 1.29 is 14.3 Å². The van der Waals surface area contributed by atoms with Gasteiger partial charge in [-0.3, -0.25) is 9.59 Å². The summed E-state index contributed by atoms with van der Waals surface area (Å²) < 4.78 is 6.72. The van der Waals surface area contributed by atoms with Gasteiger partial charge in [0.15, 0.2) is 0 Å². The van der Waals surface area contributed by atoms with Crippen molar-refractivity contribution in [1.29, 1.82) is 0 Å². The molecule has 0 saturated carbocycles. The molecule has 0 radical (unpaired) electrons. The number of carbonyl (C=O) groups is 2. The summed E-state index contributed by atoms with van der Waals surface area (Å²) in [7, 11) is 0. The molecule has 0 aromatic carbocycles. The van der Waals surface area contributed by atoms with Gasteiger partial charge in [0.25, 0.3) is 0 Å². The first-order valence-electron chi connectivity index (χ1n) is 6.89. The summed E-state index contributed by atoms with van der Waals surface area (Å²) in [5.74, 6) is -0.394. The summed E-state index contributed by atoms with van der Waals surface area (Å²) in [5, 5.41) is 10.4. The minimum absolute atomic E-state index is 0.0307. The zero-order valence-corrected chi connectivity index (χ0v) is 12.0. The Labute approximate surface area is 122 Å². The third-order valence-corrected chi connectivity index (χ3v) is 3.19. The molecule has 9 nitrogen and oxygen atoms in total. The van der Waals surface area contributed by atoms with Gasteiger partial charge in [0.1, 0.15) is 12.6 Å². The fraction of sp³-hybridized carbons (Fsp3) is 0.667. The van der Waals surface area contributed by atoms with Crippen molar-refractivity contribution in [3.05, 3.63) is 11.9 Å². The van der Waals surface area contributed by atoms with Gasteiger partial charge in [0.2, 0.25) is 11.8 Å². The van der Waals surface area contributed by atoms with Gasteiger partial charge in [0.05, 0.1) is 25.1 Å². The molecule has 1 atom stereocenters. The molecular formula is C12H20N6O3. The maximum Gasteiger partial charge on any atom is 0.245 e. The first-order valence-corrected chi connectivity index (χ1v) is 6.89. The molecule has 21 heavy (non-hydrogen) atoms. The van der Waals surface area contributed by atoms with Gasteiger partial charge in [-0.2, -0.15) is 0 Å². The van der Waals surface area contributed by atoms with Crippen molar-refractivity contribution >= 4 is 11.8 Å². The van der Waals surface area contributed by atoms with Crippen LogP contribution in [0, 0.1) is 0 Å². The number of nitrogens with two attached hydrogens (primary N) is 1. The van der Waals surface area contributed by atoms with E-state index in [1.165, 1.54) is 9.58 Å². The van der Waals surface area contributed by atoms with E-state index in [0.717, 1.165) is 0 Å². The summed E-state index contributed by atoms with van der Waals surface area (Å²) >= 11 is 0. The number of ether oxygens (including phenoxy) is 1. The standard InChI is InChI=1S/C12H20N6O3/c1-2-14-12(20)10-8-21-4-3-18(10)11(19)7-17-6-9(5-13)15-16-17/h6,10H,2-5,7-8,13H2,1H3,(H,14,20). The van der Waals surface area contributed by atoms with Gasteiger partial charge in [0, 0.05) is 19.6 Å². The quantitative estimate of drug-likeness (QED) is 0.656. The Morgan fingerprint density at radius 1 is 1.57 bits per heavy atom. The van der Waals surface area contributed by atoms with E-state index in [2.05, 4.69) is 15.6 Å². The molecule has 1 saturated heterocycles. The molecule has 2 heterocycles. The summed E-state index contributed by atoms with van der Waals surface area (Å²) in [6.45, 7) is 3.67. The molecular weight excluding hydrogens is 276 g/mol.